The number of ketones is 1. The quantitative estimate of drug-likeness (QED) is 0.205. The number of benzene rings is 1. The summed E-state index contributed by atoms with van der Waals surface area (Å²) in [5, 5.41) is 13.3. The standard InChI is InChI=1S/C25H27BrINO2SeSi/c1-13-21(27)20(26)22(31-13)19-17(30)11-10-16-23(19)32(24(2,3)4,25(5,6)7)18-12-14(29)8-9-15(18)28-16/h8-12,30H,1-7H3. The predicted molar refractivity (Wildman–Crippen MR) is 150 cm³/mol. The first-order chi connectivity index (χ1) is 14.7. The van der Waals surface area contributed by atoms with Gasteiger partial charge in [0.15, 0.2) is 0 Å². The van der Waals surface area contributed by atoms with E-state index >= 15 is 0 Å². The summed E-state index contributed by atoms with van der Waals surface area (Å²) in [6.07, 6.45) is 5.33. The number of fused-ring (bicyclic) bond motifs is 2. The summed E-state index contributed by atoms with van der Waals surface area (Å²) < 4.78 is 4.83. The fourth-order valence-corrected chi connectivity index (χ4v) is 18.2. The average Bonchev–Trinajstić information content (AvgIpc) is 2.91. The first kappa shape index (κ1) is 24.4. The van der Waals surface area contributed by atoms with Crippen molar-refractivity contribution in [1.29, 1.82) is 0 Å². The molecular formula is C25H27BrINO2SeSi. The second-order valence-electron chi connectivity index (χ2n) is 10.5. The Balaban J connectivity index is 2.28. The van der Waals surface area contributed by atoms with Crippen molar-refractivity contribution in [2.75, 3.05) is 0 Å². The van der Waals surface area contributed by atoms with E-state index in [4.69, 9.17) is 4.99 Å². The van der Waals surface area contributed by atoms with Crippen molar-refractivity contribution in [3.63, 3.8) is 0 Å². The summed E-state index contributed by atoms with van der Waals surface area (Å²) in [5.41, 5.74) is 2.77. The maximum atomic E-state index is 12.7. The van der Waals surface area contributed by atoms with Crippen LogP contribution in [0.15, 0.2) is 45.0 Å². The van der Waals surface area contributed by atoms with Gasteiger partial charge in [-0.05, 0) is 0 Å². The van der Waals surface area contributed by atoms with Gasteiger partial charge in [0.1, 0.15) is 0 Å². The van der Waals surface area contributed by atoms with Gasteiger partial charge < -0.3 is 0 Å². The van der Waals surface area contributed by atoms with E-state index in [2.05, 4.69) is 87.0 Å². The molecule has 2 heterocycles. The zero-order valence-electron chi connectivity index (χ0n) is 19.4. The Morgan fingerprint density at radius 3 is 2.25 bits per heavy atom. The van der Waals surface area contributed by atoms with Gasteiger partial charge >= 0.3 is 221 Å². The zero-order valence-corrected chi connectivity index (χ0v) is 25.8. The van der Waals surface area contributed by atoms with Crippen LogP contribution in [-0.2, 0) is 4.79 Å². The van der Waals surface area contributed by atoms with Gasteiger partial charge in [0.25, 0.3) is 0 Å². The molecule has 168 valence electrons. The minimum atomic E-state index is -2.70. The Labute approximate surface area is 219 Å². The average molecular weight is 687 g/mol. The molecule has 0 amide bonds. The molecule has 0 fully saturated rings. The second kappa shape index (κ2) is 7.90. The minimum absolute atomic E-state index is 0.0204. The van der Waals surface area contributed by atoms with Gasteiger partial charge in [-0.2, -0.15) is 0 Å². The molecule has 2 aromatic rings. The van der Waals surface area contributed by atoms with E-state index in [9.17, 15) is 9.90 Å². The molecule has 1 aromatic heterocycles. The van der Waals surface area contributed by atoms with Crippen LogP contribution in [-0.4, -0.2) is 39.2 Å². The summed E-state index contributed by atoms with van der Waals surface area (Å²) in [6, 6.07) is 3.75. The summed E-state index contributed by atoms with van der Waals surface area (Å²) in [4.78, 5) is 17.7. The normalized spacial score (nSPS) is 17.6. The molecule has 1 aliphatic heterocycles. The van der Waals surface area contributed by atoms with Crippen molar-refractivity contribution in [2.45, 2.75) is 58.5 Å². The Hall–Kier alpha value is -0.734. The monoisotopic (exact) mass is 687 g/mol. The Kier molecular flexibility index (Phi) is 6.03. The number of rotatable bonds is 1. The number of halogens is 2. The van der Waals surface area contributed by atoms with Crippen LogP contribution in [0.3, 0.4) is 0 Å². The Bertz CT molecular complexity index is 1240. The van der Waals surface area contributed by atoms with E-state index < -0.39 is 8.07 Å². The molecule has 1 aliphatic carbocycles. The molecule has 0 saturated carbocycles. The van der Waals surface area contributed by atoms with Crippen LogP contribution in [0.4, 0.5) is 5.69 Å². The number of phenols is 1. The van der Waals surface area contributed by atoms with Gasteiger partial charge in [-0.25, -0.2) is 0 Å². The van der Waals surface area contributed by atoms with Crippen molar-refractivity contribution in [1.82, 2.24) is 0 Å². The van der Waals surface area contributed by atoms with Gasteiger partial charge in [0.2, 0.25) is 0 Å². The van der Waals surface area contributed by atoms with Crippen LogP contribution in [0.2, 0.25) is 10.1 Å². The number of carbonyl (C=O) groups excluding carboxylic acids is 1. The van der Waals surface area contributed by atoms with Crippen molar-refractivity contribution < 1.29 is 9.90 Å². The fraction of sp³-hybridized carbons (Fsp3) is 0.360. The van der Waals surface area contributed by atoms with Crippen LogP contribution < -0.4 is 5.19 Å². The van der Waals surface area contributed by atoms with Gasteiger partial charge in [0.05, 0.1) is 0 Å². The molecule has 0 unspecified atom stereocenters. The fourth-order valence-electron chi connectivity index (χ4n) is 5.80. The summed E-state index contributed by atoms with van der Waals surface area (Å²) in [7, 11) is -2.70. The van der Waals surface area contributed by atoms with E-state index in [1.165, 1.54) is 17.6 Å². The summed E-state index contributed by atoms with van der Waals surface area (Å²) in [6.45, 7) is 16.0. The van der Waals surface area contributed by atoms with Crippen LogP contribution in [0, 0.1) is 10.5 Å². The maximum absolute atomic E-state index is 12.7. The van der Waals surface area contributed by atoms with E-state index in [0.717, 1.165) is 26.6 Å². The molecule has 0 saturated heterocycles. The third kappa shape index (κ3) is 3.37. The number of hydrogen-bond donors (Lipinski definition) is 1. The number of allylic oxidation sites excluding steroid dienone is 4. The van der Waals surface area contributed by atoms with Crippen LogP contribution >= 0.6 is 38.5 Å². The van der Waals surface area contributed by atoms with Crippen molar-refractivity contribution in [3.05, 3.63) is 48.0 Å². The molecule has 0 bridgehead atoms. The number of aliphatic imine (C=N–C) groups is 1. The van der Waals surface area contributed by atoms with E-state index in [1.54, 1.807) is 12.1 Å². The van der Waals surface area contributed by atoms with E-state index in [1.807, 2.05) is 18.2 Å². The molecule has 1 aromatic carbocycles. The van der Waals surface area contributed by atoms with E-state index in [-0.39, 0.29) is 30.4 Å². The molecule has 4 rings (SSSR count). The number of aryl methyl sites for hydroxylation is 1. The predicted octanol–water partition coefficient (Wildman–Crippen LogP) is 6.74. The first-order valence-electron chi connectivity index (χ1n) is 10.6. The van der Waals surface area contributed by atoms with Gasteiger partial charge in [-0.3, -0.25) is 0 Å². The van der Waals surface area contributed by atoms with Crippen LogP contribution in [0.25, 0.3) is 10.0 Å². The third-order valence-corrected chi connectivity index (χ3v) is 20.2. The van der Waals surface area contributed by atoms with Crippen LogP contribution in [0.5, 0.6) is 5.75 Å². The van der Waals surface area contributed by atoms with Crippen molar-refractivity contribution in [3.8, 4) is 15.8 Å². The number of hydrogen-bond acceptors (Lipinski definition) is 3. The number of nitrogens with zero attached hydrogens (tertiary/aromatic N) is 1. The molecule has 0 spiro atoms. The van der Waals surface area contributed by atoms with Gasteiger partial charge in [-0.15, -0.1) is 0 Å². The number of aromatic hydroxyl groups is 1. The summed E-state index contributed by atoms with van der Waals surface area (Å²) >= 11 is 6.35. The number of carbonyl (C=O) groups is 1. The van der Waals surface area contributed by atoms with Crippen molar-refractivity contribution in [2.24, 2.45) is 4.99 Å². The molecule has 7 heteroatoms. The topological polar surface area (TPSA) is 49.7 Å². The second-order valence-corrected chi connectivity index (χ2v) is 20.5. The third-order valence-electron chi connectivity index (χ3n) is 6.58. The molecule has 0 radical (unpaired) electrons. The SMILES string of the molecule is Cc1[se]c(-c2c(O)ccc3c2[Si](C(C)(C)C)(C(C)(C)C)C2=CC(=O)C=CC2=N3)c(Br)c1I. The van der Waals surface area contributed by atoms with E-state index in [0.29, 0.717) is 5.75 Å². The number of phenolic OH excluding ortho intramolecular Hbond substituents is 1. The zero-order chi connectivity index (χ0) is 23.8. The van der Waals surface area contributed by atoms with Crippen LogP contribution in [0.1, 0.15) is 46.0 Å². The van der Waals surface area contributed by atoms with Crippen molar-refractivity contribution >= 4 is 83.5 Å². The summed E-state index contributed by atoms with van der Waals surface area (Å²) in [5.74, 6) is 0.325. The first-order valence-corrected chi connectivity index (χ1v) is 16.1. The molecule has 1 N–H and O–H groups in total. The Morgan fingerprint density at radius 2 is 1.72 bits per heavy atom. The molecule has 0 atom stereocenters. The van der Waals surface area contributed by atoms with Gasteiger partial charge in [-0.1, -0.05) is 0 Å². The Morgan fingerprint density at radius 1 is 1.09 bits per heavy atom. The molecule has 3 nitrogen and oxygen atoms in total. The van der Waals surface area contributed by atoms with Gasteiger partial charge in [0, 0.05) is 0 Å². The molecule has 2 aliphatic rings. The molecular weight excluding hydrogens is 660 g/mol. The molecule has 32 heavy (non-hydrogen) atoms.